The lowest BCUT2D eigenvalue weighted by atomic mass is 10.4. The number of ether oxygens (including phenoxy) is 3. The second kappa shape index (κ2) is 6.11. The molecule has 86 valence electrons. The summed E-state index contributed by atoms with van der Waals surface area (Å²) in [5.41, 5.74) is 0. The Labute approximate surface area is 90.5 Å². The normalized spacial score (nSPS) is 10.3. The Morgan fingerprint density at radius 3 is 2.53 bits per heavy atom. The molecule has 0 aliphatic rings. The van der Waals surface area contributed by atoms with Gasteiger partial charge in [0.2, 0.25) is 11.5 Å². The molecule has 0 heterocycles. The van der Waals surface area contributed by atoms with Crippen LogP contribution in [0.2, 0.25) is 0 Å². The molecule has 15 heavy (non-hydrogen) atoms. The molecule has 4 heteroatoms. The molecule has 0 radical (unpaired) electrons. The lowest BCUT2D eigenvalue weighted by molar-refractivity contribution is -0.173. The molecule has 0 aliphatic heterocycles. The maximum Gasteiger partial charge on any atom is 0.373 e. The van der Waals surface area contributed by atoms with Crippen LogP contribution in [0, 0.1) is 0 Å². The third kappa shape index (κ3) is 5.78. The van der Waals surface area contributed by atoms with Crippen LogP contribution in [-0.2, 0) is 19.0 Å². The molecule has 0 spiro atoms. The standard InChI is InChI=1S/C11H18O4/c1-6-8-13-10(12)9(3)15-11(4,5)14-7-2/h7H,2-3,6,8H2,1,4-5H3. The van der Waals surface area contributed by atoms with Gasteiger partial charge in [0.25, 0.3) is 0 Å². The molecule has 0 amide bonds. The van der Waals surface area contributed by atoms with Gasteiger partial charge in [-0.25, -0.2) is 4.79 Å². The SMILES string of the molecule is C=COC(C)(C)OC(=C)C(=O)OCCC. The smallest absolute Gasteiger partial charge is 0.373 e. The van der Waals surface area contributed by atoms with Gasteiger partial charge in [-0.3, -0.25) is 0 Å². The van der Waals surface area contributed by atoms with Crippen LogP contribution in [0.4, 0.5) is 0 Å². The largest absolute Gasteiger partial charge is 0.461 e. The Bertz CT molecular complexity index is 243. The first-order chi connectivity index (χ1) is 6.93. The monoisotopic (exact) mass is 214 g/mol. The van der Waals surface area contributed by atoms with Gasteiger partial charge in [0.05, 0.1) is 12.9 Å². The Balaban J connectivity index is 4.11. The van der Waals surface area contributed by atoms with Gasteiger partial charge in [-0.15, -0.1) is 0 Å². The lowest BCUT2D eigenvalue weighted by Gasteiger charge is -2.25. The molecule has 0 aliphatic carbocycles. The van der Waals surface area contributed by atoms with E-state index < -0.39 is 11.8 Å². The highest BCUT2D eigenvalue weighted by Gasteiger charge is 2.23. The van der Waals surface area contributed by atoms with Gasteiger partial charge in [0, 0.05) is 13.8 Å². The molecule has 0 saturated heterocycles. The van der Waals surface area contributed by atoms with Gasteiger partial charge in [-0.1, -0.05) is 13.5 Å². The highest BCUT2D eigenvalue weighted by molar-refractivity contribution is 5.85. The van der Waals surface area contributed by atoms with E-state index in [0.29, 0.717) is 6.61 Å². The summed E-state index contributed by atoms with van der Waals surface area (Å²) in [5, 5.41) is 0. The number of hydrogen-bond donors (Lipinski definition) is 0. The fraction of sp³-hybridized carbons (Fsp3) is 0.545. The van der Waals surface area contributed by atoms with Crippen molar-refractivity contribution < 1.29 is 19.0 Å². The third-order valence-electron chi connectivity index (χ3n) is 1.40. The van der Waals surface area contributed by atoms with Crippen LogP contribution in [0.15, 0.2) is 25.2 Å². The van der Waals surface area contributed by atoms with E-state index in [1.54, 1.807) is 13.8 Å². The van der Waals surface area contributed by atoms with Gasteiger partial charge in [-0.05, 0) is 13.0 Å². The van der Waals surface area contributed by atoms with E-state index in [-0.39, 0.29) is 5.76 Å². The summed E-state index contributed by atoms with van der Waals surface area (Å²) in [4.78, 5) is 11.3. The van der Waals surface area contributed by atoms with Crippen molar-refractivity contribution in [1.82, 2.24) is 0 Å². The second-order valence-corrected chi connectivity index (χ2v) is 3.35. The van der Waals surface area contributed by atoms with Gasteiger partial charge in [0.15, 0.2) is 0 Å². The van der Waals surface area contributed by atoms with Crippen molar-refractivity contribution in [2.75, 3.05) is 6.61 Å². The fourth-order valence-corrected chi connectivity index (χ4v) is 0.838. The van der Waals surface area contributed by atoms with Crippen LogP contribution >= 0.6 is 0 Å². The van der Waals surface area contributed by atoms with Crippen LogP contribution in [0.1, 0.15) is 27.2 Å². The van der Waals surface area contributed by atoms with Crippen molar-refractivity contribution in [3.63, 3.8) is 0 Å². The Morgan fingerprint density at radius 1 is 1.47 bits per heavy atom. The van der Waals surface area contributed by atoms with Crippen molar-refractivity contribution in [3.8, 4) is 0 Å². The van der Waals surface area contributed by atoms with E-state index in [1.165, 1.54) is 6.26 Å². The molecule has 0 aromatic rings. The fourth-order valence-electron chi connectivity index (χ4n) is 0.838. The molecular weight excluding hydrogens is 196 g/mol. The zero-order valence-corrected chi connectivity index (χ0v) is 9.54. The van der Waals surface area contributed by atoms with Gasteiger partial charge in [0.1, 0.15) is 0 Å². The van der Waals surface area contributed by atoms with Gasteiger partial charge >= 0.3 is 5.97 Å². The molecule has 0 bridgehead atoms. The highest BCUT2D eigenvalue weighted by Crippen LogP contribution is 2.16. The van der Waals surface area contributed by atoms with E-state index in [1.807, 2.05) is 6.92 Å². The van der Waals surface area contributed by atoms with Crippen molar-refractivity contribution in [3.05, 3.63) is 25.2 Å². The zero-order chi connectivity index (χ0) is 11.9. The summed E-state index contributed by atoms with van der Waals surface area (Å²) in [5.74, 6) is -1.61. The summed E-state index contributed by atoms with van der Waals surface area (Å²) in [6.45, 7) is 12.4. The third-order valence-corrected chi connectivity index (χ3v) is 1.40. The van der Waals surface area contributed by atoms with Crippen LogP contribution in [0.5, 0.6) is 0 Å². The van der Waals surface area contributed by atoms with Crippen LogP contribution in [0.25, 0.3) is 0 Å². The quantitative estimate of drug-likeness (QED) is 0.282. The van der Waals surface area contributed by atoms with Crippen LogP contribution in [-0.4, -0.2) is 18.4 Å². The van der Waals surface area contributed by atoms with Crippen molar-refractivity contribution >= 4 is 5.97 Å². The number of hydrogen-bond acceptors (Lipinski definition) is 4. The van der Waals surface area contributed by atoms with Crippen LogP contribution in [0.3, 0.4) is 0 Å². The summed E-state index contributed by atoms with van der Waals surface area (Å²) in [6, 6.07) is 0. The summed E-state index contributed by atoms with van der Waals surface area (Å²) in [6.07, 6.45) is 2.00. The summed E-state index contributed by atoms with van der Waals surface area (Å²) in [7, 11) is 0. The first-order valence-corrected chi connectivity index (χ1v) is 4.76. The molecule has 4 nitrogen and oxygen atoms in total. The zero-order valence-electron chi connectivity index (χ0n) is 9.54. The molecule has 0 atom stereocenters. The minimum absolute atomic E-state index is 0.0738. The summed E-state index contributed by atoms with van der Waals surface area (Å²) < 4.78 is 15.0. The van der Waals surface area contributed by atoms with Gasteiger partial charge < -0.3 is 14.2 Å². The van der Waals surface area contributed by atoms with E-state index in [2.05, 4.69) is 13.2 Å². The van der Waals surface area contributed by atoms with E-state index >= 15 is 0 Å². The molecule has 0 saturated carbocycles. The average molecular weight is 214 g/mol. The van der Waals surface area contributed by atoms with E-state index in [9.17, 15) is 4.79 Å². The first kappa shape index (κ1) is 13.5. The minimum Gasteiger partial charge on any atom is -0.461 e. The first-order valence-electron chi connectivity index (χ1n) is 4.76. The maximum atomic E-state index is 11.3. The maximum absolute atomic E-state index is 11.3. The topological polar surface area (TPSA) is 44.8 Å². The van der Waals surface area contributed by atoms with Gasteiger partial charge in [-0.2, -0.15) is 0 Å². The molecule has 0 N–H and O–H groups in total. The highest BCUT2D eigenvalue weighted by atomic mass is 16.7. The molecule has 0 aromatic carbocycles. The molecule has 0 rings (SSSR count). The molecular formula is C11H18O4. The predicted molar refractivity (Wildman–Crippen MR) is 56.8 cm³/mol. The Hall–Kier alpha value is -1.45. The van der Waals surface area contributed by atoms with E-state index in [4.69, 9.17) is 14.2 Å². The number of esters is 1. The van der Waals surface area contributed by atoms with Crippen molar-refractivity contribution in [1.29, 1.82) is 0 Å². The van der Waals surface area contributed by atoms with Crippen LogP contribution < -0.4 is 0 Å². The lowest BCUT2D eigenvalue weighted by Crippen LogP contribution is -2.28. The second-order valence-electron chi connectivity index (χ2n) is 3.35. The van der Waals surface area contributed by atoms with Crippen molar-refractivity contribution in [2.45, 2.75) is 33.0 Å². The number of carbonyl (C=O) groups is 1. The minimum atomic E-state index is -0.968. The Kier molecular flexibility index (Phi) is 5.52. The number of carbonyl (C=O) groups excluding carboxylic acids is 1. The van der Waals surface area contributed by atoms with Crippen molar-refractivity contribution in [2.24, 2.45) is 0 Å². The molecule has 0 aromatic heterocycles. The predicted octanol–water partition coefficient (Wildman–Crippen LogP) is 2.37. The molecule has 0 fully saturated rings. The molecule has 0 unspecified atom stereocenters. The summed E-state index contributed by atoms with van der Waals surface area (Å²) >= 11 is 0. The number of rotatable bonds is 7. The average Bonchev–Trinajstić information content (AvgIpc) is 2.13. The van der Waals surface area contributed by atoms with E-state index in [0.717, 1.165) is 6.42 Å². The Morgan fingerprint density at radius 2 is 2.07 bits per heavy atom.